The number of carbonyl (C=O) groups excluding carboxylic acids is 1. The van der Waals surface area contributed by atoms with Gasteiger partial charge in [-0.15, -0.1) is 0 Å². The summed E-state index contributed by atoms with van der Waals surface area (Å²) in [7, 11) is 0. The second-order valence-corrected chi connectivity index (χ2v) is 5.05. The van der Waals surface area contributed by atoms with Crippen LogP contribution in [0.1, 0.15) is 19.3 Å². The summed E-state index contributed by atoms with van der Waals surface area (Å²) < 4.78 is 1.91. The van der Waals surface area contributed by atoms with Gasteiger partial charge in [-0.2, -0.15) is 0 Å². The number of hydrogen-bond donors (Lipinski definition) is 2. The van der Waals surface area contributed by atoms with E-state index >= 15 is 0 Å². The van der Waals surface area contributed by atoms with Gasteiger partial charge in [0.05, 0.1) is 6.33 Å². The molecular formula is C15H18N4O. The van der Waals surface area contributed by atoms with Gasteiger partial charge in [0.15, 0.2) is 0 Å². The van der Waals surface area contributed by atoms with Crippen molar-refractivity contribution in [3.05, 3.63) is 43.0 Å². The van der Waals surface area contributed by atoms with Gasteiger partial charge in [-0.05, 0) is 31.0 Å². The summed E-state index contributed by atoms with van der Waals surface area (Å²) in [5.41, 5.74) is 1.80. The molecule has 2 aromatic rings. The summed E-state index contributed by atoms with van der Waals surface area (Å²) in [5.74, 6) is 0.0425. The smallest absolute Gasteiger partial charge is 0.225 e. The van der Waals surface area contributed by atoms with Crippen molar-refractivity contribution < 1.29 is 4.79 Å². The van der Waals surface area contributed by atoms with E-state index in [-0.39, 0.29) is 5.91 Å². The van der Waals surface area contributed by atoms with Crippen LogP contribution in [0.25, 0.3) is 5.69 Å². The highest BCUT2D eigenvalue weighted by Crippen LogP contribution is 2.18. The first-order valence-corrected chi connectivity index (χ1v) is 6.93. The van der Waals surface area contributed by atoms with Gasteiger partial charge in [0, 0.05) is 42.8 Å². The third-order valence-electron chi connectivity index (χ3n) is 3.29. The molecule has 0 unspecified atom stereocenters. The number of aromatic nitrogens is 2. The first-order chi connectivity index (χ1) is 9.81. The predicted octanol–water partition coefficient (Wildman–Crippen LogP) is 1.95. The maximum atomic E-state index is 11.8. The average Bonchev–Trinajstić information content (AvgIpc) is 3.10. The Morgan fingerprint density at radius 3 is 3.05 bits per heavy atom. The van der Waals surface area contributed by atoms with Crippen molar-refractivity contribution in [1.29, 1.82) is 0 Å². The highest BCUT2D eigenvalue weighted by Gasteiger charge is 2.20. The number of imidazole rings is 1. The second-order valence-electron chi connectivity index (χ2n) is 5.05. The molecule has 0 spiro atoms. The number of carbonyl (C=O) groups is 1. The fraction of sp³-hybridized carbons (Fsp3) is 0.333. The molecule has 5 nitrogen and oxygen atoms in total. The van der Waals surface area contributed by atoms with E-state index < -0.39 is 0 Å². The predicted molar refractivity (Wildman–Crippen MR) is 77.8 cm³/mol. The molecule has 104 valence electrons. The van der Waals surface area contributed by atoms with Crippen LogP contribution in [-0.2, 0) is 4.79 Å². The quantitative estimate of drug-likeness (QED) is 0.843. The summed E-state index contributed by atoms with van der Waals surface area (Å²) >= 11 is 0. The molecule has 0 aliphatic heterocycles. The van der Waals surface area contributed by atoms with Crippen LogP contribution in [0.5, 0.6) is 0 Å². The van der Waals surface area contributed by atoms with Crippen molar-refractivity contribution in [1.82, 2.24) is 14.9 Å². The van der Waals surface area contributed by atoms with Gasteiger partial charge >= 0.3 is 0 Å². The van der Waals surface area contributed by atoms with Crippen LogP contribution >= 0.6 is 0 Å². The van der Waals surface area contributed by atoms with Crippen LogP contribution < -0.4 is 10.6 Å². The number of rotatable bonds is 6. The topological polar surface area (TPSA) is 59.0 Å². The minimum Gasteiger partial charge on any atom is -0.326 e. The number of hydrogen-bond acceptors (Lipinski definition) is 3. The van der Waals surface area contributed by atoms with Crippen LogP contribution in [0, 0.1) is 0 Å². The Bertz CT molecular complexity index is 575. The van der Waals surface area contributed by atoms with E-state index in [9.17, 15) is 4.79 Å². The lowest BCUT2D eigenvalue weighted by Crippen LogP contribution is -2.23. The Labute approximate surface area is 118 Å². The van der Waals surface area contributed by atoms with E-state index in [1.54, 1.807) is 12.5 Å². The fourth-order valence-corrected chi connectivity index (χ4v) is 2.06. The van der Waals surface area contributed by atoms with Gasteiger partial charge in [0.2, 0.25) is 5.91 Å². The first kappa shape index (κ1) is 12.9. The molecule has 3 rings (SSSR count). The number of amides is 1. The van der Waals surface area contributed by atoms with Crippen LogP contribution in [0.2, 0.25) is 0 Å². The lowest BCUT2D eigenvalue weighted by atomic mass is 10.2. The molecule has 1 saturated carbocycles. The molecule has 1 aliphatic carbocycles. The van der Waals surface area contributed by atoms with E-state index in [1.165, 1.54) is 12.8 Å². The Hall–Kier alpha value is -2.14. The molecule has 5 heteroatoms. The Kier molecular flexibility index (Phi) is 3.78. The molecule has 1 aromatic heterocycles. The fourth-order valence-electron chi connectivity index (χ4n) is 2.06. The molecule has 0 bridgehead atoms. The number of nitrogens with zero attached hydrogens (tertiary/aromatic N) is 2. The molecule has 1 amide bonds. The molecule has 20 heavy (non-hydrogen) atoms. The molecule has 0 saturated heterocycles. The zero-order chi connectivity index (χ0) is 13.8. The monoisotopic (exact) mass is 270 g/mol. The van der Waals surface area contributed by atoms with Crippen LogP contribution in [0.3, 0.4) is 0 Å². The van der Waals surface area contributed by atoms with Crippen molar-refractivity contribution in [2.24, 2.45) is 0 Å². The summed E-state index contributed by atoms with van der Waals surface area (Å²) in [6, 6.07) is 8.38. The van der Waals surface area contributed by atoms with Crippen LogP contribution in [0.15, 0.2) is 43.0 Å². The molecule has 1 aromatic carbocycles. The molecule has 1 fully saturated rings. The molecular weight excluding hydrogens is 252 g/mol. The molecule has 1 heterocycles. The zero-order valence-corrected chi connectivity index (χ0v) is 11.2. The third kappa shape index (κ3) is 3.45. The summed E-state index contributed by atoms with van der Waals surface area (Å²) in [5, 5.41) is 6.26. The number of nitrogens with one attached hydrogen (secondary N) is 2. The first-order valence-electron chi connectivity index (χ1n) is 6.93. The molecule has 0 atom stereocenters. The van der Waals surface area contributed by atoms with Gasteiger partial charge in [-0.3, -0.25) is 4.79 Å². The summed E-state index contributed by atoms with van der Waals surface area (Å²) in [4.78, 5) is 15.9. The van der Waals surface area contributed by atoms with Crippen LogP contribution in [-0.4, -0.2) is 28.0 Å². The Morgan fingerprint density at radius 1 is 1.40 bits per heavy atom. The van der Waals surface area contributed by atoms with E-state index in [1.807, 2.05) is 35.0 Å². The van der Waals surface area contributed by atoms with E-state index in [2.05, 4.69) is 15.6 Å². The minimum absolute atomic E-state index is 0.0425. The minimum atomic E-state index is 0.0425. The lowest BCUT2D eigenvalue weighted by molar-refractivity contribution is -0.116. The average molecular weight is 270 g/mol. The standard InChI is InChI=1S/C15H18N4O/c20-15(6-7-17-12-4-5-12)18-13-2-1-3-14(10-13)19-9-8-16-11-19/h1-3,8-12,17H,4-7H2,(H,18,20). The highest BCUT2D eigenvalue weighted by molar-refractivity contribution is 5.91. The Morgan fingerprint density at radius 2 is 2.30 bits per heavy atom. The van der Waals surface area contributed by atoms with E-state index in [4.69, 9.17) is 0 Å². The maximum absolute atomic E-state index is 11.8. The van der Waals surface area contributed by atoms with Gasteiger partial charge in [-0.25, -0.2) is 4.98 Å². The number of anilines is 1. The van der Waals surface area contributed by atoms with Crippen molar-refractivity contribution >= 4 is 11.6 Å². The molecule has 2 N–H and O–H groups in total. The molecule has 1 aliphatic rings. The largest absolute Gasteiger partial charge is 0.326 e. The zero-order valence-electron chi connectivity index (χ0n) is 11.2. The van der Waals surface area contributed by atoms with E-state index in [0.29, 0.717) is 12.5 Å². The van der Waals surface area contributed by atoms with Gasteiger partial charge in [0.25, 0.3) is 0 Å². The summed E-state index contributed by atoms with van der Waals surface area (Å²) in [6.45, 7) is 0.748. The van der Waals surface area contributed by atoms with Gasteiger partial charge < -0.3 is 15.2 Å². The van der Waals surface area contributed by atoms with Gasteiger partial charge in [-0.1, -0.05) is 6.07 Å². The maximum Gasteiger partial charge on any atom is 0.225 e. The van der Waals surface area contributed by atoms with Crippen molar-refractivity contribution in [3.8, 4) is 5.69 Å². The van der Waals surface area contributed by atoms with Crippen molar-refractivity contribution in [2.75, 3.05) is 11.9 Å². The second kappa shape index (κ2) is 5.88. The summed E-state index contributed by atoms with van der Waals surface area (Å²) in [6.07, 6.45) is 8.34. The lowest BCUT2D eigenvalue weighted by Gasteiger charge is -2.08. The highest BCUT2D eigenvalue weighted by atomic mass is 16.1. The van der Waals surface area contributed by atoms with Crippen molar-refractivity contribution in [2.45, 2.75) is 25.3 Å². The van der Waals surface area contributed by atoms with Crippen LogP contribution in [0.4, 0.5) is 5.69 Å². The van der Waals surface area contributed by atoms with Gasteiger partial charge in [0.1, 0.15) is 0 Å². The molecule has 0 radical (unpaired) electrons. The van der Waals surface area contributed by atoms with E-state index in [0.717, 1.165) is 17.9 Å². The van der Waals surface area contributed by atoms with Crippen molar-refractivity contribution in [3.63, 3.8) is 0 Å². The number of benzene rings is 1. The normalized spacial score (nSPS) is 14.2. The Balaban J connectivity index is 1.56. The SMILES string of the molecule is O=C(CCNC1CC1)Nc1cccc(-n2ccnc2)c1. The third-order valence-corrected chi connectivity index (χ3v) is 3.29.